The number of benzene rings is 1. The average molecular weight is 270 g/mol. The summed E-state index contributed by atoms with van der Waals surface area (Å²) in [5.41, 5.74) is 3.59. The van der Waals surface area contributed by atoms with Gasteiger partial charge in [0.15, 0.2) is 0 Å². The molecule has 1 aromatic carbocycles. The highest BCUT2D eigenvalue weighted by Gasteiger charge is 2.10. The Kier molecular flexibility index (Phi) is 4.35. The number of nitrogens with one attached hydrogen (secondary N) is 1. The second-order valence-electron chi connectivity index (χ2n) is 4.67. The van der Waals surface area contributed by atoms with E-state index in [-0.39, 0.29) is 5.91 Å². The molecule has 0 aliphatic carbocycles. The van der Waals surface area contributed by atoms with Crippen molar-refractivity contribution in [3.05, 3.63) is 58.8 Å². The van der Waals surface area contributed by atoms with Crippen LogP contribution >= 0.6 is 0 Å². The predicted octanol–water partition coefficient (Wildman–Crippen LogP) is 2.64. The standard InChI is InChI=1S/C16H18N2O2/c1-11-6-7-12(2)14(9-11)15(19)18-10-13-5-4-8-17-16(13)20-3/h4-9H,10H2,1-3H3,(H,18,19). The van der Waals surface area contributed by atoms with Crippen molar-refractivity contribution in [3.8, 4) is 5.88 Å². The van der Waals surface area contributed by atoms with Gasteiger partial charge in [0.2, 0.25) is 5.88 Å². The van der Waals surface area contributed by atoms with Crippen LogP contribution in [0.3, 0.4) is 0 Å². The Hall–Kier alpha value is -2.36. The molecule has 0 aliphatic rings. The van der Waals surface area contributed by atoms with Gasteiger partial charge < -0.3 is 10.1 Å². The fraction of sp³-hybridized carbons (Fsp3) is 0.250. The first-order valence-electron chi connectivity index (χ1n) is 6.45. The molecule has 4 nitrogen and oxygen atoms in total. The summed E-state index contributed by atoms with van der Waals surface area (Å²) in [7, 11) is 1.57. The molecule has 0 radical (unpaired) electrons. The van der Waals surface area contributed by atoms with E-state index in [2.05, 4.69) is 10.3 Å². The van der Waals surface area contributed by atoms with Crippen LogP contribution in [0.5, 0.6) is 5.88 Å². The molecule has 0 spiro atoms. The van der Waals surface area contributed by atoms with E-state index in [0.29, 0.717) is 18.0 Å². The lowest BCUT2D eigenvalue weighted by Gasteiger charge is -2.10. The molecule has 0 unspecified atom stereocenters. The minimum atomic E-state index is -0.0860. The van der Waals surface area contributed by atoms with Crippen LogP contribution in [0.15, 0.2) is 36.5 Å². The van der Waals surface area contributed by atoms with E-state index in [4.69, 9.17) is 4.74 Å². The first kappa shape index (κ1) is 14.1. The summed E-state index contributed by atoms with van der Waals surface area (Å²) in [6.45, 7) is 4.29. The molecule has 1 heterocycles. The van der Waals surface area contributed by atoms with E-state index >= 15 is 0 Å². The number of rotatable bonds is 4. The van der Waals surface area contributed by atoms with Gasteiger partial charge in [0.1, 0.15) is 0 Å². The molecule has 1 aromatic heterocycles. The van der Waals surface area contributed by atoms with Gasteiger partial charge in [-0.2, -0.15) is 0 Å². The molecule has 20 heavy (non-hydrogen) atoms. The minimum absolute atomic E-state index is 0.0860. The Morgan fingerprint density at radius 3 is 2.85 bits per heavy atom. The van der Waals surface area contributed by atoms with Crippen LogP contribution in [0.2, 0.25) is 0 Å². The average Bonchev–Trinajstić information content (AvgIpc) is 2.47. The van der Waals surface area contributed by atoms with Crippen LogP contribution in [0, 0.1) is 13.8 Å². The number of amides is 1. The monoisotopic (exact) mass is 270 g/mol. The van der Waals surface area contributed by atoms with E-state index in [9.17, 15) is 4.79 Å². The number of ether oxygens (including phenoxy) is 1. The molecule has 1 N–H and O–H groups in total. The molecular weight excluding hydrogens is 252 g/mol. The maximum atomic E-state index is 12.2. The predicted molar refractivity (Wildman–Crippen MR) is 77.9 cm³/mol. The number of aryl methyl sites for hydroxylation is 2. The maximum absolute atomic E-state index is 12.2. The lowest BCUT2D eigenvalue weighted by Crippen LogP contribution is -2.24. The van der Waals surface area contributed by atoms with E-state index in [1.807, 2.05) is 44.2 Å². The van der Waals surface area contributed by atoms with Crippen LogP contribution in [0.4, 0.5) is 0 Å². The molecule has 0 fully saturated rings. The van der Waals surface area contributed by atoms with Gasteiger partial charge in [-0.05, 0) is 31.5 Å². The van der Waals surface area contributed by atoms with E-state index < -0.39 is 0 Å². The Balaban J connectivity index is 2.11. The van der Waals surface area contributed by atoms with Crippen molar-refractivity contribution in [2.75, 3.05) is 7.11 Å². The first-order valence-corrected chi connectivity index (χ1v) is 6.45. The third kappa shape index (κ3) is 3.15. The lowest BCUT2D eigenvalue weighted by molar-refractivity contribution is 0.0950. The number of carbonyl (C=O) groups excluding carboxylic acids is 1. The lowest BCUT2D eigenvalue weighted by atomic mass is 10.1. The molecule has 2 rings (SSSR count). The highest BCUT2D eigenvalue weighted by Crippen LogP contribution is 2.14. The minimum Gasteiger partial charge on any atom is -0.481 e. The molecule has 104 valence electrons. The van der Waals surface area contributed by atoms with E-state index in [0.717, 1.165) is 16.7 Å². The maximum Gasteiger partial charge on any atom is 0.251 e. The number of nitrogens with zero attached hydrogens (tertiary/aromatic N) is 1. The molecule has 0 saturated heterocycles. The number of methoxy groups -OCH3 is 1. The van der Waals surface area contributed by atoms with Crippen molar-refractivity contribution in [2.45, 2.75) is 20.4 Å². The van der Waals surface area contributed by atoms with Gasteiger partial charge in [-0.15, -0.1) is 0 Å². The molecule has 1 amide bonds. The number of hydrogen-bond donors (Lipinski definition) is 1. The quantitative estimate of drug-likeness (QED) is 0.929. The zero-order valence-electron chi connectivity index (χ0n) is 11.9. The number of aromatic nitrogens is 1. The van der Waals surface area contributed by atoms with Gasteiger partial charge >= 0.3 is 0 Å². The number of pyridine rings is 1. The van der Waals surface area contributed by atoms with Crippen molar-refractivity contribution in [1.82, 2.24) is 10.3 Å². The van der Waals surface area contributed by atoms with Gasteiger partial charge in [-0.3, -0.25) is 4.79 Å². The number of hydrogen-bond acceptors (Lipinski definition) is 3. The fourth-order valence-corrected chi connectivity index (χ4v) is 1.99. The van der Waals surface area contributed by atoms with Crippen LogP contribution in [0.1, 0.15) is 27.0 Å². The summed E-state index contributed by atoms with van der Waals surface area (Å²) in [6.07, 6.45) is 1.66. The summed E-state index contributed by atoms with van der Waals surface area (Å²) in [5, 5.41) is 2.90. The second-order valence-corrected chi connectivity index (χ2v) is 4.67. The van der Waals surface area contributed by atoms with Crippen LogP contribution in [0.25, 0.3) is 0 Å². The van der Waals surface area contributed by atoms with Gasteiger partial charge in [0.25, 0.3) is 5.91 Å². The SMILES string of the molecule is COc1ncccc1CNC(=O)c1cc(C)ccc1C. The molecule has 0 atom stereocenters. The Morgan fingerprint density at radius 1 is 1.30 bits per heavy atom. The van der Waals surface area contributed by atoms with E-state index in [1.54, 1.807) is 13.3 Å². The number of carbonyl (C=O) groups is 1. The molecule has 0 bridgehead atoms. The molecule has 2 aromatic rings. The second kappa shape index (κ2) is 6.19. The van der Waals surface area contributed by atoms with Crippen molar-refractivity contribution in [2.24, 2.45) is 0 Å². The van der Waals surface area contributed by atoms with Crippen molar-refractivity contribution in [1.29, 1.82) is 0 Å². The van der Waals surface area contributed by atoms with E-state index in [1.165, 1.54) is 0 Å². The largest absolute Gasteiger partial charge is 0.481 e. The topological polar surface area (TPSA) is 51.2 Å². The van der Waals surface area contributed by atoms with Gasteiger partial charge in [-0.25, -0.2) is 4.98 Å². The summed E-state index contributed by atoms with van der Waals surface area (Å²) < 4.78 is 5.16. The van der Waals surface area contributed by atoms with Gasteiger partial charge in [0, 0.05) is 23.9 Å². The Bertz CT molecular complexity index is 624. The Morgan fingerprint density at radius 2 is 2.10 bits per heavy atom. The zero-order valence-corrected chi connectivity index (χ0v) is 11.9. The summed E-state index contributed by atoms with van der Waals surface area (Å²) in [4.78, 5) is 16.3. The molecule has 0 saturated carbocycles. The summed E-state index contributed by atoms with van der Waals surface area (Å²) in [5.74, 6) is 0.450. The first-order chi connectivity index (χ1) is 9.61. The van der Waals surface area contributed by atoms with Crippen molar-refractivity contribution < 1.29 is 9.53 Å². The van der Waals surface area contributed by atoms with Gasteiger partial charge in [-0.1, -0.05) is 23.8 Å². The smallest absolute Gasteiger partial charge is 0.251 e. The van der Waals surface area contributed by atoms with Crippen LogP contribution < -0.4 is 10.1 Å². The highest BCUT2D eigenvalue weighted by atomic mass is 16.5. The summed E-state index contributed by atoms with van der Waals surface area (Å²) in [6, 6.07) is 9.55. The van der Waals surface area contributed by atoms with Crippen LogP contribution in [-0.4, -0.2) is 18.0 Å². The third-order valence-electron chi connectivity index (χ3n) is 3.12. The molecule has 4 heteroatoms. The van der Waals surface area contributed by atoms with Crippen molar-refractivity contribution in [3.63, 3.8) is 0 Å². The molecular formula is C16H18N2O2. The van der Waals surface area contributed by atoms with Gasteiger partial charge in [0.05, 0.1) is 7.11 Å². The third-order valence-corrected chi connectivity index (χ3v) is 3.12. The Labute approximate surface area is 118 Å². The fourth-order valence-electron chi connectivity index (χ4n) is 1.99. The summed E-state index contributed by atoms with van der Waals surface area (Å²) >= 11 is 0. The van der Waals surface area contributed by atoms with Crippen molar-refractivity contribution >= 4 is 5.91 Å². The molecule has 0 aliphatic heterocycles. The highest BCUT2D eigenvalue weighted by molar-refractivity contribution is 5.95. The zero-order chi connectivity index (χ0) is 14.5. The van der Waals surface area contributed by atoms with Crippen LogP contribution in [-0.2, 0) is 6.54 Å². The normalized spacial score (nSPS) is 10.2.